The second-order valence-corrected chi connectivity index (χ2v) is 2.76. The monoisotopic (exact) mass is 209 g/mol. The summed E-state index contributed by atoms with van der Waals surface area (Å²) in [7, 11) is 1.62. The summed E-state index contributed by atoms with van der Waals surface area (Å²) < 4.78 is 5.05. The Hall–Kier alpha value is -1.51. The van der Waals surface area contributed by atoms with Crippen molar-refractivity contribution >= 4 is 5.91 Å². The van der Waals surface area contributed by atoms with Crippen LogP contribution in [-0.4, -0.2) is 13.0 Å². The Labute approximate surface area is 91.5 Å². The second-order valence-electron chi connectivity index (χ2n) is 2.76. The van der Waals surface area contributed by atoms with Gasteiger partial charge in [0.1, 0.15) is 5.75 Å². The van der Waals surface area contributed by atoms with E-state index >= 15 is 0 Å². The number of rotatable bonds is 3. The maximum absolute atomic E-state index is 10.6. The quantitative estimate of drug-likeness (QED) is 0.830. The van der Waals surface area contributed by atoms with E-state index in [1.54, 1.807) is 7.11 Å². The van der Waals surface area contributed by atoms with E-state index in [2.05, 4.69) is 5.32 Å². The zero-order chi connectivity index (χ0) is 11.7. The van der Waals surface area contributed by atoms with E-state index in [0.717, 1.165) is 11.3 Å². The molecule has 0 atom stereocenters. The van der Waals surface area contributed by atoms with Gasteiger partial charge in [0.25, 0.3) is 0 Å². The van der Waals surface area contributed by atoms with Crippen LogP contribution in [0.1, 0.15) is 26.3 Å². The van der Waals surface area contributed by atoms with Crippen LogP contribution in [0, 0.1) is 0 Å². The van der Waals surface area contributed by atoms with E-state index < -0.39 is 0 Å². The van der Waals surface area contributed by atoms with E-state index in [1.807, 2.05) is 38.1 Å². The molecule has 0 aromatic heterocycles. The van der Waals surface area contributed by atoms with Gasteiger partial charge in [-0.25, -0.2) is 0 Å². The van der Waals surface area contributed by atoms with Crippen LogP contribution in [-0.2, 0) is 11.3 Å². The molecule has 1 amide bonds. The summed E-state index contributed by atoms with van der Waals surface area (Å²) in [6, 6.07) is 7.61. The summed E-state index contributed by atoms with van der Waals surface area (Å²) in [6.07, 6.45) is 0. The van der Waals surface area contributed by atoms with Crippen molar-refractivity contribution in [1.82, 2.24) is 5.32 Å². The Morgan fingerprint density at radius 2 is 2.07 bits per heavy atom. The Morgan fingerprint density at radius 3 is 2.60 bits per heavy atom. The van der Waals surface area contributed by atoms with E-state index in [-0.39, 0.29) is 5.91 Å². The Balaban J connectivity index is 0.000000921. The molecule has 0 aliphatic carbocycles. The van der Waals surface area contributed by atoms with Crippen molar-refractivity contribution in [3.8, 4) is 5.75 Å². The molecule has 3 nitrogen and oxygen atoms in total. The first-order valence-electron chi connectivity index (χ1n) is 5.09. The number of hydrogen-bond donors (Lipinski definition) is 1. The number of amides is 1. The summed E-state index contributed by atoms with van der Waals surface area (Å²) in [5.41, 5.74) is 1.04. The predicted molar refractivity (Wildman–Crippen MR) is 61.9 cm³/mol. The van der Waals surface area contributed by atoms with Crippen LogP contribution in [0.5, 0.6) is 5.75 Å². The van der Waals surface area contributed by atoms with Gasteiger partial charge >= 0.3 is 0 Å². The van der Waals surface area contributed by atoms with Gasteiger partial charge in [-0.3, -0.25) is 4.79 Å². The maximum Gasteiger partial charge on any atom is 0.217 e. The SMILES string of the molecule is CC.COc1cccc(CNC(C)=O)c1. The molecule has 1 aromatic carbocycles. The van der Waals surface area contributed by atoms with Crippen molar-refractivity contribution in [2.75, 3.05) is 7.11 Å². The number of nitrogens with one attached hydrogen (secondary N) is 1. The molecule has 0 radical (unpaired) electrons. The van der Waals surface area contributed by atoms with Crippen molar-refractivity contribution in [2.24, 2.45) is 0 Å². The third-order valence-corrected chi connectivity index (χ3v) is 1.68. The highest BCUT2D eigenvalue weighted by molar-refractivity contribution is 5.72. The highest BCUT2D eigenvalue weighted by atomic mass is 16.5. The second kappa shape index (κ2) is 7.85. The summed E-state index contributed by atoms with van der Waals surface area (Å²) in [5.74, 6) is 0.783. The van der Waals surface area contributed by atoms with Crippen LogP contribution < -0.4 is 10.1 Å². The van der Waals surface area contributed by atoms with E-state index in [9.17, 15) is 4.79 Å². The van der Waals surface area contributed by atoms with Gasteiger partial charge in [-0.05, 0) is 17.7 Å². The molecule has 0 bridgehead atoms. The van der Waals surface area contributed by atoms with Crippen LogP contribution in [0.3, 0.4) is 0 Å². The smallest absolute Gasteiger partial charge is 0.217 e. The van der Waals surface area contributed by atoms with Gasteiger partial charge in [0.15, 0.2) is 0 Å². The molecule has 1 aromatic rings. The van der Waals surface area contributed by atoms with Gasteiger partial charge < -0.3 is 10.1 Å². The molecule has 0 spiro atoms. The predicted octanol–water partition coefficient (Wildman–Crippen LogP) is 2.36. The van der Waals surface area contributed by atoms with Crippen LogP contribution in [0.2, 0.25) is 0 Å². The zero-order valence-electron chi connectivity index (χ0n) is 9.83. The first kappa shape index (κ1) is 13.5. The van der Waals surface area contributed by atoms with E-state index in [1.165, 1.54) is 6.92 Å². The van der Waals surface area contributed by atoms with Gasteiger partial charge in [0, 0.05) is 13.5 Å². The number of hydrogen-bond acceptors (Lipinski definition) is 2. The fourth-order valence-electron chi connectivity index (χ4n) is 1.01. The average Bonchev–Trinajstić information content (AvgIpc) is 2.29. The third kappa shape index (κ3) is 5.73. The van der Waals surface area contributed by atoms with Gasteiger partial charge in [-0.1, -0.05) is 26.0 Å². The molecule has 0 heterocycles. The van der Waals surface area contributed by atoms with Gasteiger partial charge in [0.05, 0.1) is 7.11 Å². The molecular formula is C12H19NO2. The number of carbonyl (C=O) groups excluding carboxylic acids is 1. The lowest BCUT2D eigenvalue weighted by molar-refractivity contribution is -0.119. The normalized spacial score (nSPS) is 8.53. The maximum atomic E-state index is 10.6. The Bertz CT molecular complexity index is 297. The summed E-state index contributed by atoms with van der Waals surface area (Å²) in [4.78, 5) is 10.6. The number of methoxy groups -OCH3 is 1. The van der Waals surface area contributed by atoms with Crippen LogP contribution >= 0.6 is 0 Å². The molecule has 1 rings (SSSR count). The van der Waals surface area contributed by atoms with Crippen LogP contribution in [0.4, 0.5) is 0 Å². The number of carbonyl (C=O) groups is 1. The minimum atomic E-state index is -0.0252. The molecule has 0 saturated carbocycles. The van der Waals surface area contributed by atoms with Crippen molar-refractivity contribution in [3.05, 3.63) is 29.8 Å². The molecule has 0 fully saturated rings. The molecule has 0 saturated heterocycles. The summed E-state index contributed by atoms with van der Waals surface area (Å²) in [5, 5.41) is 2.72. The Kier molecular flexibility index (Phi) is 7.06. The average molecular weight is 209 g/mol. The topological polar surface area (TPSA) is 38.3 Å². The summed E-state index contributed by atoms with van der Waals surface area (Å²) in [6.45, 7) is 6.05. The molecule has 0 unspecified atom stereocenters. The Morgan fingerprint density at radius 1 is 1.40 bits per heavy atom. The molecule has 15 heavy (non-hydrogen) atoms. The first-order valence-corrected chi connectivity index (χ1v) is 5.09. The number of benzene rings is 1. The van der Waals surface area contributed by atoms with Crippen molar-refractivity contribution < 1.29 is 9.53 Å². The lowest BCUT2D eigenvalue weighted by Crippen LogP contribution is -2.18. The number of ether oxygens (including phenoxy) is 1. The molecule has 0 aliphatic heterocycles. The van der Waals surface area contributed by atoms with Crippen LogP contribution in [0.15, 0.2) is 24.3 Å². The first-order chi connectivity index (χ1) is 7.22. The van der Waals surface area contributed by atoms with E-state index in [0.29, 0.717) is 6.54 Å². The van der Waals surface area contributed by atoms with Crippen LogP contribution in [0.25, 0.3) is 0 Å². The van der Waals surface area contributed by atoms with Crippen molar-refractivity contribution in [3.63, 3.8) is 0 Å². The minimum absolute atomic E-state index is 0.0252. The molecular weight excluding hydrogens is 190 g/mol. The van der Waals surface area contributed by atoms with Crippen molar-refractivity contribution in [1.29, 1.82) is 0 Å². The minimum Gasteiger partial charge on any atom is -0.497 e. The van der Waals surface area contributed by atoms with Gasteiger partial charge in [0.2, 0.25) is 5.91 Å². The van der Waals surface area contributed by atoms with E-state index in [4.69, 9.17) is 4.74 Å². The fraction of sp³-hybridized carbons (Fsp3) is 0.417. The van der Waals surface area contributed by atoms with Crippen molar-refractivity contribution in [2.45, 2.75) is 27.3 Å². The van der Waals surface area contributed by atoms with Gasteiger partial charge in [-0.2, -0.15) is 0 Å². The third-order valence-electron chi connectivity index (χ3n) is 1.68. The molecule has 3 heteroatoms. The molecule has 1 N–H and O–H groups in total. The lowest BCUT2D eigenvalue weighted by atomic mass is 10.2. The zero-order valence-corrected chi connectivity index (χ0v) is 9.83. The molecule has 0 aliphatic rings. The van der Waals surface area contributed by atoms with Gasteiger partial charge in [-0.15, -0.1) is 0 Å². The standard InChI is InChI=1S/C10H13NO2.C2H6/c1-8(12)11-7-9-4-3-5-10(6-9)13-2;1-2/h3-6H,7H2,1-2H3,(H,11,12);1-2H3. The summed E-state index contributed by atoms with van der Waals surface area (Å²) >= 11 is 0. The molecule has 84 valence electrons. The highest BCUT2D eigenvalue weighted by Crippen LogP contribution is 2.11. The lowest BCUT2D eigenvalue weighted by Gasteiger charge is -2.04. The fourth-order valence-corrected chi connectivity index (χ4v) is 1.01. The highest BCUT2D eigenvalue weighted by Gasteiger charge is 1.96. The largest absolute Gasteiger partial charge is 0.497 e.